The molecule has 0 unspecified atom stereocenters. The number of hydrogen-bond donors (Lipinski definition) is 1. The highest BCUT2D eigenvalue weighted by Gasteiger charge is 2.20. The Labute approximate surface area is 142 Å². The molecule has 1 N–H and O–H groups in total. The van der Waals surface area contributed by atoms with E-state index in [1.165, 1.54) is 36.4 Å². The van der Waals surface area contributed by atoms with Crippen molar-refractivity contribution in [3.05, 3.63) is 69.4 Å². The molecule has 4 nitrogen and oxygen atoms in total. The molecule has 0 bridgehead atoms. The molecule has 0 spiro atoms. The van der Waals surface area contributed by atoms with E-state index in [9.17, 15) is 12.8 Å². The lowest BCUT2D eigenvalue weighted by atomic mass is 10.3. The predicted octanol–water partition coefficient (Wildman–Crippen LogP) is 4.38. The van der Waals surface area contributed by atoms with Crippen LogP contribution in [0, 0.1) is 17.1 Å². The molecule has 2 rings (SSSR count). The number of nitrogens with one attached hydrogen (secondary N) is 1. The van der Waals surface area contributed by atoms with Gasteiger partial charge < -0.3 is 5.32 Å². The van der Waals surface area contributed by atoms with Gasteiger partial charge in [-0.05, 0) is 42.5 Å². The third kappa shape index (κ3) is 4.02. The smallest absolute Gasteiger partial charge is 0.218 e. The summed E-state index contributed by atoms with van der Waals surface area (Å²) in [5, 5.41) is 12.0. The van der Waals surface area contributed by atoms with Gasteiger partial charge in [-0.15, -0.1) is 0 Å². The average Bonchev–Trinajstić information content (AvgIpc) is 2.51. The summed E-state index contributed by atoms with van der Waals surface area (Å²) in [6.07, 6.45) is 1.02. The van der Waals surface area contributed by atoms with Crippen LogP contribution in [-0.4, -0.2) is 8.42 Å². The first-order chi connectivity index (χ1) is 10.8. The van der Waals surface area contributed by atoms with E-state index in [-0.39, 0.29) is 9.92 Å². The van der Waals surface area contributed by atoms with Crippen LogP contribution in [0.3, 0.4) is 0 Å². The summed E-state index contributed by atoms with van der Waals surface area (Å²) in [6, 6.07) is 10.8. The Morgan fingerprint density at radius 1 is 1.17 bits per heavy atom. The summed E-state index contributed by atoms with van der Waals surface area (Å²) >= 11 is 11.3. The number of allylic oxidation sites excluding steroid dienone is 1. The first-order valence-electron chi connectivity index (χ1n) is 6.17. The minimum Gasteiger partial charge on any atom is -0.360 e. The molecule has 0 atom stereocenters. The largest absolute Gasteiger partial charge is 0.360 e. The number of nitriles is 1. The maximum Gasteiger partial charge on any atom is 0.218 e. The lowest BCUT2D eigenvalue weighted by Crippen LogP contribution is -2.05. The molecule has 0 aliphatic heterocycles. The van der Waals surface area contributed by atoms with Crippen LogP contribution in [0.15, 0.2) is 58.5 Å². The Morgan fingerprint density at radius 2 is 1.83 bits per heavy atom. The highest BCUT2D eigenvalue weighted by atomic mass is 35.5. The molecule has 0 heterocycles. The van der Waals surface area contributed by atoms with E-state index in [1.807, 2.05) is 0 Å². The molecule has 8 heteroatoms. The first kappa shape index (κ1) is 17.3. The summed E-state index contributed by atoms with van der Waals surface area (Å²) in [5.41, 5.74) is 0.343. The number of halogens is 3. The Hall–Kier alpha value is -2.07. The van der Waals surface area contributed by atoms with Crippen molar-refractivity contribution in [2.24, 2.45) is 0 Å². The second-order valence-corrected chi connectivity index (χ2v) is 7.11. The number of nitrogens with zero attached hydrogens (tertiary/aromatic N) is 1. The topological polar surface area (TPSA) is 70.0 Å². The Morgan fingerprint density at radius 3 is 2.39 bits per heavy atom. The Bertz CT molecular complexity index is 904. The molecule has 2 aromatic rings. The number of benzene rings is 2. The zero-order valence-corrected chi connectivity index (χ0v) is 13.8. The molecule has 118 valence electrons. The van der Waals surface area contributed by atoms with Crippen LogP contribution in [0.5, 0.6) is 0 Å². The summed E-state index contributed by atoms with van der Waals surface area (Å²) < 4.78 is 37.8. The van der Waals surface area contributed by atoms with Gasteiger partial charge in [-0.1, -0.05) is 23.2 Å². The van der Waals surface area contributed by atoms with Crippen molar-refractivity contribution in [3.63, 3.8) is 0 Å². The fraction of sp³-hybridized carbons (Fsp3) is 0. The van der Waals surface area contributed by atoms with Crippen LogP contribution in [0.4, 0.5) is 10.1 Å². The summed E-state index contributed by atoms with van der Waals surface area (Å²) in [7, 11) is -3.98. The van der Waals surface area contributed by atoms with Crippen LogP contribution in [-0.2, 0) is 9.84 Å². The molecule has 2 aromatic carbocycles. The number of anilines is 1. The van der Waals surface area contributed by atoms with Crippen LogP contribution < -0.4 is 5.32 Å². The van der Waals surface area contributed by atoms with E-state index in [4.69, 9.17) is 28.5 Å². The maximum absolute atomic E-state index is 13.1. The van der Waals surface area contributed by atoms with E-state index < -0.39 is 20.6 Å². The van der Waals surface area contributed by atoms with Crippen molar-refractivity contribution in [2.45, 2.75) is 4.90 Å². The third-order valence-electron chi connectivity index (χ3n) is 2.81. The monoisotopic (exact) mass is 370 g/mol. The highest BCUT2D eigenvalue weighted by Crippen LogP contribution is 2.23. The lowest BCUT2D eigenvalue weighted by Gasteiger charge is -2.05. The van der Waals surface area contributed by atoms with Gasteiger partial charge in [-0.25, -0.2) is 12.8 Å². The van der Waals surface area contributed by atoms with Gasteiger partial charge in [0, 0.05) is 16.9 Å². The van der Waals surface area contributed by atoms with Crippen molar-refractivity contribution in [1.29, 1.82) is 5.26 Å². The van der Waals surface area contributed by atoms with Gasteiger partial charge >= 0.3 is 0 Å². The highest BCUT2D eigenvalue weighted by molar-refractivity contribution is 7.95. The van der Waals surface area contributed by atoms with Crippen molar-refractivity contribution < 1.29 is 12.8 Å². The molecule has 0 aliphatic rings. The first-order valence-corrected chi connectivity index (χ1v) is 8.41. The molecule has 23 heavy (non-hydrogen) atoms. The second kappa shape index (κ2) is 7.01. The van der Waals surface area contributed by atoms with Gasteiger partial charge in [-0.3, -0.25) is 0 Å². The van der Waals surface area contributed by atoms with E-state index in [0.717, 1.165) is 12.3 Å². The van der Waals surface area contributed by atoms with Gasteiger partial charge in [0.15, 0.2) is 4.91 Å². The molecular weight excluding hydrogens is 362 g/mol. The Kier molecular flexibility index (Phi) is 5.26. The molecule has 0 amide bonds. The van der Waals surface area contributed by atoms with Crippen molar-refractivity contribution in [3.8, 4) is 6.07 Å². The third-order valence-corrected chi connectivity index (χ3v) is 5.04. The van der Waals surface area contributed by atoms with E-state index in [0.29, 0.717) is 10.7 Å². The number of rotatable bonds is 4. The van der Waals surface area contributed by atoms with Crippen molar-refractivity contribution in [1.82, 2.24) is 0 Å². The molecule has 0 saturated heterocycles. The summed E-state index contributed by atoms with van der Waals surface area (Å²) in [4.78, 5) is -0.561. The standard InChI is InChI=1S/C15H9Cl2FN2O2S/c16-10-1-4-12(5-2-10)23(21,22)13(8-19)9-20-11-3-6-15(18)14(17)7-11/h1-7,9,20H. The van der Waals surface area contributed by atoms with Crippen LogP contribution >= 0.6 is 23.2 Å². The SMILES string of the molecule is N#CC(=CNc1ccc(F)c(Cl)c1)S(=O)(=O)c1ccc(Cl)cc1. The van der Waals surface area contributed by atoms with Gasteiger partial charge in [0.05, 0.1) is 9.92 Å². The van der Waals surface area contributed by atoms with E-state index in [2.05, 4.69) is 5.32 Å². The molecule has 0 saturated carbocycles. The fourth-order valence-electron chi connectivity index (χ4n) is 1.65. The van der Waals surface area contributed by atoms with Gasteiger partial charge in [-0.2, -0.15) is 5.26 Å². The molecule has 0 aliphatic carbocycles. The molecule has 0 aromatic heterocycles. The van der Waals surface area contributed by atoms with E-state index in [1.54, 1.807) is 6.07 Å². The minimum absolute atomic E-state index is 0.0614. The number of sulfone groups is 1. The fourth-order valence-corrected chi connectivity index (χ4v) is 3.03. The summed E-state index contributed by atoms with van der Waals surface area (Å²) in [5.74, 6) is -0.601. The zero-order chi connectivity index (χ0) is 17.0. The van der Waals surface area contributed by atoms with Crippen molar-refractivity contribution in [2.75, 3.05) is 5.32 Å². The van der Waals surface area contributed by atoms with Crippen molar-refractivity contribution >= 4 is 38.7 Å². The maximum atomic E-state index is 13.1. The number of hydrogen-bond acceptors (Lipinski definition) is 4. The normalized spacial score (nSPS) is 11.8. The zero-order valence-electron chi connectivity index (χ0n) is 11.4. The van der Waals surface area contributed by atoms with Gasteiger partial charge in [0.25, 0.3) is 0 Å². The van der Waals surface area contributed by atoms with Crippen LogP contribution in [0.25, 0.3) is 0 Å². The molecule has 0 radical (unpaired) electrons. The van der Waals surface area contributed by atoms with Gasteiger partial charge in [0.2, 0.25) is 9.84 Å². The average molecular weight is 371 g/mol. The Balaban J connectivity index is 2.32. The predicted molar refractivity (Wildman–Crippen MR) is 87.4 cm³/mol. The van der Waals surface area contributed by atoms with Crippen LogP contribution in [0.1, 0.15) is 0 Å². The molecular formula is C15H9Cl2FN2O2S. The minimum atomic E-state index is -3.98. The van der Waals surface area contributed by atoms with E-state index >= 15 is 0 Å². The summed E-state index contributed by atoms with van der Waals surface area (Å²) in [6.45, 7) is 0. The quantitative estimate of drug-likeness (QED) is 0.810. The van der Waals surface area contributed by atoms with Crippen LogP contribution in [0.2, 0.25) is 10.0 Å². The van der Waals surface area contributed by atoms with Gasteiger partial charge in [0.1, 0.15) is 11.9 Å². The second-order valence-electron chi connectivity index (χ2n) is 4.35. The molecule has 0 fully saturated rings. The lowest BCUT2D eigenvalue weighted by molar-refractivity contribution is 0.603.